The second-order valence-corrected chi connectivity index (χ2v) is 13.1. The molecule has 0 aliphatic heterocycles. The van der Waals surface area contributed by atoms with Gasteiger partial charge >= 0.3 is 0 Å². The van der Waals surface area contributed by atoms with Crippen molar-refractivity contribution in [2.75, 3.05) is 0 Å². The zero-order valence-corrected chi connectivity index (χ0v) is 28.4. The first-order valence-electron chi connectivity index (χ1n) is 14.6. The number of hydrogen-bond acceptors (Lipinski definition) is 4. The van der Waals surface area contributed by atoms with Gasteiger partial charge in [0.15, 0.2) is 0 Å². The molecule has 0 bridgehead atoms. The van der Waals surface area contributed by atoms with Crippen LogP contribution in [0.3, 0.4) is 0 Å². The first-order chi connectivity index (χ1) is 19.5. The summed E-state index contributed by atoms with van der Waals surface area (Å²) in [4.78, 5) is 1.48. The molecule has 1 N–H and O–H groups in total. The van der Waals surface area contributed by atoms with Crippen LogP contribution >= 0.6 is 22.7 Å². The summed E-state index contributed by atoms with van der Waals surface area (Å²) in [6.07, 6.45) is 5.26. The number of aromatic amines is 1. The lowest BCUT2D eigenvalue weighted by molar-refractivity contribution is 0.562. The van der Waals surface area contributed by atoms with E-state index >= 15 is 0 Å². The molecule has 0 radical (unpaired) electrons. The van der Waals surface area contributed by atoms with Gasteiger partial charge in [0, 0.05) is 16.8 Å². The zero-order chi connectivity index (χ0) is 30.6. The number of nitrogens with zero attached hydrogens (tertiary/aromatic N) is 1. The minimum Gasteiger partial charge on any atom is -0.472 e. The molecule has 0 aliphatic rings. The first kappa shape index (κ1) is 36.1. The second kappa shape index (κ2) is 20.9. The van der Waals surface area contributed by atoms with E-state index in [4.69, 9.17) is 4.42 Å². The summed E-state index contributed by atoms with van der Waals surface area (Å²) >= 11 is 3.60. The Labute approximate surface area is 258 Å². The van der Waals surface area contributed by atoms with Gasteiger partial charge in [-0.1, -0.05) is 106 Å². The van der Waals surface area contributed by atoms with Crippen LogP contribution < -0.4 is 0 Å². The fourth-order valence-corrected chi connectivity index (χ4v) is 4.82. The zero-order valence-electron chi connectivity index (χ0n) is 26.8. The fourth-order valence-electron chi connectivity index (χ4n) is 3.25. The number of furan rings is 1. The average molecular weight is 593 g/mol. The first-order valence-corrected chi connectivity index (χ1v) is 16.5. The summed E-state index contributed by atoms with van der Waals surface area (Å²) in [5.74, 6) is 3.22. The molecule has 3 nitrogen and oxygen atoms in total. The number of benzene rings is 1. The van der Waals surface area contributed by atoms with Crippen LogP contribution in [-0.4, -0.2) is 10.2 Å². The van der Waals surface area contributed by atoms with E-state index < -0.39 is 0 Å². The number of aromatic nitrogens is 2. The highest BCUT2D eigenvalue weighted by Gasteiger charge is 1.98. The molecule has 0 spiro atoms. The van der Waals surface area contributed by atoms with E-state index in [9.17, 15) is 0 Å². The van der Waals surface area contributed by atoms with Crippen LogP contribution in [0.4, 0.5) is 0 Å². The third-order valence-electron chi connectivity index (χ3n) is 6.14. The smallest absolute Gasteiger partial charge is 0.0937 e. The predicted octanol–water partition coefficient (Wildman–Crippen LogP) is 12.5. The van der Waals surface area contributed by atoms with E-state index in [1.54, 1.807) is 30.1 Å². The molecule has 5 rings (SSSR count). The molecular formula is C36H52N2OS2. The summed E-state index contributed by atoms with van der Waals surface area (Å²) in [6.45, 7) is 21.8. The van der Waals surface area contributed by atoms with Crippen LogP contribution in [0.1, 0.15) is 126 Å². The van der Waals surface area contributed by atoms with Gasteiger partial charge in [0.25, 0.3) is 0 Å². The van der Waals surface area contributed by atoms with E-state index in [0.29, 0.717) is 29.6 Å². The third-order valence-corrected chi connectivity index (χ3v) is 8.02. The Kier molecular flexibility index (Phi) is 18.4. The maximum atomic E-state index is 4.88. The van der Waals surface area contributed by atoms with E-state index in [1.165, 1.54) is 27.3 Å². The molecule has 0 saturated carbocycles. The van der Waals surface area contributed by atoms with Crippen molar-refractivity contribution in [1.82, 2.24) is 10.2 Å². The predicted molar refractivity (Wildman–Crippen MR) is 183 cm³/mol. The van der Waals surface area contributed by atoms with Gasteiger partial charge in [-0.15, -0.1) is 11.3 Å². The lowest BCUT2D eigenvalue weighted by Crippen LogP contribution is -1.85. The maximum Gasteiger partial charge on any atom is 0.0937 e. The number of thiophene rings is 2. The Morgan fingerprint density at radius 3 is 1.54 bits per heavy atom. The minimum atomic E-state index is 0.567. The van der Waals surface area contributed by atoms with Crippen molar-refractivity contribution in [2.45, 2.75) is 98.8 Å². The van der Waals surface area contributed by atoms with Crippen molar-refractivity contribution in [3.63, 3.8) is 0 Å². The van der Waals surface area contributed by atoms with Gasteiger partial charge in [-0.25, -0.2) is 0 Å². The Balaban J connectivity index is 0.000000256. The number of rotatable bonds is 5. The molecule has 0 saturated heterocycles. The van der Waals surface area contributed by atoms with Crippen LogP contribution in [-0.2, 0) is 0 Å². The summed E-state index contributed by atoms with van der Waals surface area (Å²) in [5, 5.41) is 13.1. The summed E-state index contributed by atoms with van der Waals surface area (Å²) in [5.41, 5.74) is 5.34. The summed E-state index contributed by atoms with van der Waals surface area (Å²) in [6, 6.07) is 21.0. The van der Waals surface area contributed by atoms with Gasteiger partial charge in [0.05, 0.1) is 12.5 Å². The van der Waals surface area contributed by atoms with Crippen molar-refractivity contribution in [3.8, 4) is 0 Å². The lowest BCUT2D eigenvalue weighted by Gasteiger charge is -2.01. The van der Waals surface area contributed by atoms with Gasteiger partial charge in [0.2, 0.25) is 0 Å². The van der Waals surface area contributed by atoms with Crippen LogP contribution in [0.25, 0.3) is 0 Å². The van der Waals surface area contributed by atoms with Crippen LogP contribution in [0.2, 0.25) is 0 Å². The molecule has 4 heterocycles. The molecule has 41 heavy (non-hydrogen) atoms. The number of nitrogens with one attached hydrogen (secondary N) is 1. The molecule has 224 valence electrons. The van der Waals surface area contributed by atoms with Gasteiger partial charge in [-0.05, 0) is 86.7 Å². The van der Waals surface area contributed by atoms with Gasteiger partial charge < -0.3 is 4.42 Å². The lowest BCUT2D eigenvalue weighted by atomic mass is 10.0. The summed E-state index contributed by atoms with van der Waals surface area (Å²) < 4.78 is 4.88. The van der Waals surface area contributed by atoms with E-state index in [2.05, 4.69) is 138 Å². The molecule has 5 heteroatoms. The van der Waals surface area contributed by atoms with Gasteiger partial charge in [-0.2, -0.15) is 16.4 Å². The minimum absolute atomic E-state index is 0.567. The van der Waals surface area contributed by atoms with E-state index in [-0.39, 0.29) is 0 Å². The highest BCUT2D eigenvalue weighted by Crippen LogP contribution is 2.19. The van der Waals surface area contributed by atoms with Crippen molar-refractivity contribution >= 4 is 22.7 Å². The quantitative estimate of drug-likeness (QED) is 0.220. The largest absolute Gasteiger partial charge is 0.472 e. The molecule has 0 amide bonds. The van der Waals surface area contributed by atoms with Crippen molar-refractivity contribution in [2.24, 2.45) is 0 Å². The molecule has 0 atom stereocenters. The second-order valence-electron chi connectivity index (χ2n) is 11.3. The Bertz CT molecular complexity index is 1040. The Morgan fingerprint density at radius 1 is 0.610 bits per heavy atom. The Morgan fingerprint density at radius 2 is 1.27 bits per heavy atom. The highest BCUT2D eigenvalue weighted by molar-refractivity contribution is 7.10. The van der Waals surface area contributed by atoms with E-state index in [0.717, 1.165) is 0 Å². The van der Waals surface area contributed by atoms with Crippen LogP contribution in [0, 0.1) is 0 Å². The highest BCUT2D eigenvalue weighted by atomic mass is 32.1. The normalized spacial score (nSPS) is 10.3. The molecular weight excluding hydrogens is 541 g/mol. The van der Waals surface area contributed by atoms with Crippen molar-refractivity contribution in [1.29, 1.82) is 0 Å². The number of H-pyrrole nitrogens is 1. The molecule has 0 aliphatic carbocycles. The summed E-state index contributed by atoms with van der Waals surface area (Å²) in [7, 11) is 0. The van der Waals surface area contributed by atoms with Crippen molar-refractivity contribution in [3.05, 3.63) is 123 Å². The molecule has 1 aromatic carbocycles. The van der Waals surface area contributed by atoms with Gasteiger partial charge in [0.1, 0.15) is 0 Å². The van der Waals surface area contributed by atoms with Crippen LogP contribution in [0.5, 0.6) is 0 Å². The van der Waals surface area contributed by atoms with Crippen LogP contribution in [0.15, 0.2) is 99.9 Å². The molecule has 0 unspecified atom stereocenters. The van der Waals surface area contributed by atoms with Gasteiger partial charge in [-0.3, -0.25) is 5.10 Å². The maximum absolute atomic E-state index is 4.88. The topological polar surface area (TPSA) is 41.8 Å². The SMILES string of the molecule is CC(C)c1ccccc1.CC(C)c1cccs1.CC(C)c1ccn[nH]1.CC(C)c1ccoc1.CC(C)c1ccsc1. The van der Waals surface area contributed by atoms with Crippen molar-refractivity contribution < 1.29 is 4.42 Å². The number of hydrogen-bond donors (Lipinski definition) is 1. The fraction of sp³-hybridized carbons (Fsp3) is 0.417. The average Bonchev–Trinajstić information content (AvgIpc) is 3.78. The molecule has 5 aromatic rings. The monoisotopic (exact) mass is 592 g/mol. The standard InChI is InChI=1S/C9H12.C7H10O.2C7H10S.C6H10N2/c1-8(2)9-6-4-3-5-7-9;2*1-6(2)7-3-4-8-5-7;1-6(2)7-4-3-5-8-7;1-5(2)6-3-4-7-8-6/h3-8H,1-2H3;3*3-6H,1-2H3;3-5H,1-2H3,(H,7,8). The van der Waals surface area contributed by atoms with E-state index in [1.807, 2.05) is 29.5 Å². The molecule has 0 fully saturated rings. The molecule has 4 aromatic heterocycles. The third kappa shape index (κ3) is 16.2. The Hall–Kier alpha value is -2.89.